The highest BCUT2D eigenvalue weighted by molar-refractivity contribution is 7.89. The van der Waals surface area contributed by atoms with E-state index in [-0.39, 0.29) is 11.8 Å². The molecule has 0 spiro atoms. The second-order valence-electron chi connectivity index (χ2n) is 6.67. The van der Waals surface area contributed by atoms with Gasteiger partial charge in [-0.25, -0.2) is 18.1 Å². The van der Waals surface area contributed by atoms with Gasteiger partial charge in [-0.1, -0.05) is 19.1 Å². The number of piperidine rings is 1. The highest BCUT2D eigenvalue weighted by Crippen LogP contribution is 2.23. The zero-order valence-corrected chi connectivity index (χ0v) is 16.2. The molecule has 1 fully saturated rings. The maximum atomic E-state index is 12.1. The molecule has 1 aliphatic heterocycles. The van der Waals surface area contributed by atoms with Gasteiger partial charge in [0.25, 0.3) is 0 Å². The van der Waals surface area contributed by atoms with Crippen LogP contribution in [-0.2, 0) is 10.0 Å². The first-order valence-corrected chi connectivity index (χ1v) is 10.8. The number of nitrogens with zero attached hydrogens (tertiary/aromatic N) is 3. The van der Waals surface area contributed by atoms with Crippen LogP contribution in [0.2, 0.25) is 0 Å². The Balaban J connectivity index is 1.70. The van der Waals surface area contributed by atoms with E-state index in [9.17, 15) is 8.42 Å². The molecular weight excluding hydrogens is 364 g/mol. The van der Waals surface area contributed by atoms with Crippen molar-refractivity contribution in [3.63, 3.8) is 0 Å². The Morgan fingerprint density at radius 1 is 1.30 bits per heavy atom. The van der Waals surface area contributed by atoms with E-state index in [2.05, 4.69) is 24.9 Å². The van der Waals surface area contributed by atoms with Crippen molar-refractivity contribution in [3.05, 3.63) is 36.5 Å². The number of nitrogens with two attached hydrogens (primary N) is 1. The van der Waals surface area contributed by atoms with Crippen molar-refractivity contribution in [1.29, 1.82) is 0 Å². The molecule has 1 aliphatic rings. The maximum Gasteiger partial charge on any atom is 0.229 e. The highest BCUT2D eigenvalue weighted by atomic mass is 32.2. The van der Waals surface area contributed by atoms with Gasteiger partial charge < -0.3 is 16.0 Å². The first-order valence-electron chi connectivity index (χ1n) is 9.16. The zero-order chi connectivity index (χ0) is 19.3. The molecule has 0 aliphatic carbocycles. The lowest BCUT2D eigenvalue weighted by atomic mass is 10.1. The lowest BCUT2D eigenvalue weighted by molar-refractivity contribution is 0.463. The van der Waals surface area contributed by atoms with Crippen LogP contribution in [0.4, 0.5) is 23.1 Å². The molecular formula is C18H26N6O2S. The summed E-state index contributed by atoms with van der Waals surface area (Å²) in [6.45, 7) is 3.28. The summed E-state index contributed by atoms with van der Waals surface area (Å²) in [5, 5.41) is 3.13. The van der Waals surface area contributed by atoms with Gasteiger partial charge in [-0.05, 0) is 37.5 Å². The maximum absolute atomic E-state index is 12.1. The van der Waals surface area contributed by atoms with Gasteiger partial charge in [0.2, 0.25) is 16.0 Å². The van der Waals surface area contributed by atoms with Gasteiger partial charge in [-0.3, -0.25) is 0 Å². The minimum absolute atomic E-state index is 0.105. The largest absolute Gasteiger partial charge is 0.397 e. The average Bonchev–Trinajstić information content (AvgIpc) is 2.64. The second kappa shape index (κ2) is 8.53. The minimum atomic E-state index is -3.23. The molecule has 9 heteroatoms. The van der Waals surface area contributed by atoms with E-state index in [1.54, 1.807) is 6.20 Å². The van der Waals surface area contributed by atoms with E-state index in [1.165, 1.54) is 0 Å². The van der Waals surface area contributed by atoms with Gasteiger partial charge in [0.1, 0.15) is 5.82 Å². The standard InChI is InChI=1S/C18H26N6O2S/c1-2-12-27(25,26)23-14-6-5-11-24(13-14)17-9-10-20-18(22-17)21-16-8-4-3-7-15(16)19/h3-4,7-10,14,23H,2,5-6,11-13,19H2,1H3,(H,20,21,22)/t14-/m1/s1. The van der Waals surface area contributed by atoms with E-state index in [4.69, 9.17) is 5.73 Å². The number of anilines is 4. The summed E-state index contributed by atoms with van der Waals surface area (Å²) in [5.74, 6) is 1.38. The van der Waals surface area contributed by atoms with Gasteiger partial charge in [0.05, 0.1) is 17.1 Å². The first-order chi connectivity index (χ1) is 13.0. The van der Waals surface area contributed by atoms with Crippen LogP contribution in [0.3, 0.4) is 0 Å². The predicted octanol–water partition coefficient (Wildman–Crippen LogP) is 2.10. The molecule has 0 unspecified atom stereocenters. The average molecular weight is 391 g/mol. The molecule has 4 N–H and O–H groups in total. The summed E-state index contributed by atoms with van der Waals surface area (Å²) in [7, 11) is -3.23. The van der Waals surface area contributed by atoms with Crippen molar-refractivity contribution >= 4 is 33.2 Å². The Labute approximate surface area is 160 Å². The molecule has 1 saturated heterocycles. The van der Waals surface area contributed by atoms with Crippen LogP contribution in [0.15, 0.2) is 36.5 Å². The van der Waals surface area contributed by atoms with Gasteiger partial charge in [-0.15, -0.1) is 0 Å². The fourth-order valence-corrected chi connectivity index (χ4v) is 4.54. The van der Waals surface area contributed by atoms with Crippen molar-refractivity contribution < 1.29 is 8.42 Å². The fraction of sp³-hybridized carbons (Fsp3) is 0.444. The Morgan fingerprint density at radius 2 is 2.11 bits per heavy atom. The van der Waals surface area contributed by atoms with Crippen LogP contribution in [-0.4, -0.2) is 43.3 Å². The molecule has 3 rings (SSSR count). The molecule has 0 radical (unpaired) electrons. The molecule has 27 heavy (non-hydrogen) atoms. The smallest absolute Gasteiger partial charge is 0.229 e. The Hall–Kier alpha value is -2.39. The van der Waals surface area contributed by atoms with Crippen LogP contribution in [0.25, 0.3) is 0 Å². The molecule has 2 heterocycles. The summed E-state index contributed by atoms with van der Waals surface area (Å²) < 4.78 is 26.9. The van der Waals surface area contributed by atoms with Crippen molar-refractivity contribution in [3.8, 4) is 0 Å². The van der Waals surface area contributed by atoms with Gasteiger partial charge in [0.15, 0.2) is 0 Å². The third-order valence-corrected chi connectivity index (χ3v) is 6.05. The van der Waals surface area contributed by atoms with Crippen molar-refractivity contribution in [1.82, 2.24) is 14.7 Å². The minimum Gasteiger partial charge on any atom is -0.397 e. The van der Waals surface area contributed by atoms with E-state index in [1.807, 2.05) is 37.3 Å². The van der Waals surface area contributed by atoms with E-state index >= 15 is 0 Å². The molecule has 1 atom stereocenters. The monoisotopic (exact) mass is 390 g/mol. The molecule has 2 aromatic rings. The van der Waals surface area contributed by atoms with Crippen LogP contribution in [0.5, 0.6) is 0 Å². The Kier molecular flexibility index (Phi) is 6.12. The summed E-state index contributed by atoms with van der Waals surface area (Å²) in [4.78, 5) is 10.9. The van der Waals surface area contributed by atoms with Crippen LogP contribution in [0.1, 0.15) is 26.2 Å². The lowest BCUT2D eigenvalue weighted by Crippen LogP contribution is -2.48. The molecule has 1 aromatic heterocycles. The number of para-hydroxylation sites is 2. The van der Waals surface area contributed by atoms with Gasteiger partial charge in [0, 0.05) is 25.3 Å². The number of hydrogen-bond acceptors (Lipinski definition) is 7. The summed E-state index contributed by atoms with van der Waals surface area (Å²) >= 11 is 0. The van der Waals surface area contributed by atoms with Gasteiger partial charge in [-0.2, -0.15) is 4.98 Å². The predicted molar refractivity (Wildman–Crippen MR) is 109 cm³/mol. The Bertz CT molecular complexity index is 874. The van der Waals surface area contributed by atoms with E-state index in [0.29, 0.717) is 24.6 Å². The molecule has 0 bridgehead atoms. The van der Waals surface area contributed by atoms with E-state index in [0.717, 1.165) is 30.9 Å². The SMILES string of the molecule is CCCS(=O)(=O)N[C@@H]1CCCN(c2ccnc(Nc3ccccc3N)n2)C1. The number of hydrogen-bond donors (Lipinski definition) is 3. The number of benzene rings is 1. The fourth-order valence-electron chi connectivity index (χ4n) is 3.18. The number of aromatic nitrogens is 2. The lowest BCUT2D eigenvalue weighted by Gasteiger charge is -2.33. The third-order valence-electron chi connectivity index (χ3n) is 4.41. The molecule has 0 saturated carbocycles. The summed E-state index contributed by atoms with van der Waals surface area (Å²) in [5.41, 5.74) is 7.33. The van der Waals surface area contributed by atoms with Crippen molar-refractivity contribution in [2.24, 2.45) is 0 Å². The van der Waals surface area contributed by atoms with Crippen molar-refractivity contribution in [2.45, 2.75) is 32.2 Å². The Morgan fingerprint density at radius 3 is 2.89 bits per heavy atom. The van der Waals surface area contributed by atoms with Crippen LogP contribution in [0, 0.1) is 0 Å². The van der Waals surface area contributed by atoms with Crippen LogP contribution >= 0.6 is 0 Å². The highest BCUT2D eigenvalue weighted by Gasteiger charge is 2.24. The molecule has 1 aromatic carbocycles. The normalized spacial score (nSPS) is 17.7. The van der Waals surface area contributed by atoms with Gasteiger partial charge >= 0.3 is 0 Å². The number of sulfonamides is 1. The number of nitrogens with one attached hydrogen (secondary N) is 2. The number of rotatable bonds is 7. The molecule has 146 valence electrons. The van der Waals surface area contributed by atoms with Crippen molar-refractivity contribution in [2.75, 3.05) is 34.8 Å². The zero-order valence-electron chi connectivity index (χ0n) is 15.4. The first kappa shape index (κ1) is 19.4. The van der Waals surface area contributed by atoms with E-state index < -0.39 is 10.0 Å². The number of nitrogen functional groups attached to an aromatic ring is 1. The second-order valence-corrected chi connectivity index (χ2v) is 8.55. The molecule has 0 amide bonds. The van der Waals surface area contributed by atoms with Crippen LogP contribution < -0.4 is 20.7 Å². The third kappa shape index (κ3) is 5.30. The topological polar surface area (TPSA) is 113 Å². The summed E-state index contributed by atoms with van der Waals surface area (Å²) in [6, 6.07) is 9.16. The quantitative estimate of drug-likeness (QED) is 0.620. The summed E-state index contributed by atoms with van der Waals surface area (Å²) in [6.07, 6.45) is 4.03. The molecule has 8 nitrogen and oxygen atoms in total.